The summed E-state index contributed by atoms with van der Waals surface area (Å²) in [6, 6.07) is 26.0. The molecular weight excluding hydrogens is 292 g/mol. The van der Waals surface area contributed by atoms with Gasteiger partial charge in [0.05, 0.1) is 0 Å². The molecule has 1 aromatic heterocycles. The highest BCUT2D eigenvalue weighted by molar-refractivity contribution is 6.19. The lowest BCUT2D eigenvalue weighted by molar-refractivity contribution is 0.669. The smallest absolute Gasteiger partial charge is 0.136 e. The minimum atomic E-state index is 0.973. The van der Waals surface area contributed by atoms with Crippen LogP contribution < -0.4 is 0 Å². The SMILES string of the molecule is c1ccc2c(c1)Cc1cc3oc4ccc5ccccc5c4c3cc1-2. The first kappa shape index (κ1) is 12.4. The van der Waals surface area contributed by atoms with E-state index in [1.54, 1.807) is 0 Å². The number of hydrogen-bond donors (Lipinski definition) is 0. The Kier molecular flexibility index (Phi) is 2.20. The maximum absolute atomic E-state index is 6.18. The van der Waals surface area contributed by atoms with Crippen LogP contribution in [0.3, 0.4) is 0 Å². The molecule has 0 saturated heterocycles. The second-order valence-electron chi connectivity index (χ2n) is 6.60. The molecule has 1 heteroatoms. The Morgan fingerprint density at radius 3 is 2.50 bits per heavy atom. The fraction of sp³-hybridized carbons (Fsp3) is 0.0435. The van der Waals surface area contributed by atoms with E-state index in [9.17, 15) is 0 Å². The Hall–Kier alpha value is -3.06. The van der Waals surface area contributed by atoms with E-state index in [4.69, 9.17) is 4.42 Å². The Bertz CT molecular complexity index is 1270. The molecule has 0 N–H and O–H groups in total. The standard InChI is InChI=1S/C23H14O/c1-4-8-18-14(5-1)9-10-21-23(18)20-13-19-16(12-22(20)24-21)11-15-6-2-3-7-17(15)19/h1-10,12-13H,11H2. The molecule has 0 saturated carbocycles. The molecule has 4 aromatic carbocycles. The maximum Gasteiger partial charge on any atom is 0.136 e. The summed E-state index contributed by atoms with van der Waals surface area (Å²) in [6.07, 6.45) is 0.999. The molecule has 6 rings (SSSR count). The van der Waals surface area contributed by atoms with Gasteiger partial charge in [-0.25, -0.2) is 0 Å². The van der Waals surface area contributed by atoms with E-state index in [0.717, 1.165) is 17.6 Å². The van der Waals surface area contributed by atoms with Gasteiger partial charge in [0.1, 0.15) is 11.2 Å². The largest absolute Gasteiger partial charge is 0.456 e. The van der Waals surface area contributed by atoms with Crippen molar-refractivity contribution in [2.45, 2.75) is 6.42 Å². The van der Waals surface area contributed by atoms with Crippen molar-refractivity contribution in [2.24, 2.45) is 0 Å². The van der Waals surface area contributed by atoms with Crippen LogP contribution in [0.25, 0.3) is 43.8 Å². The lowest BCUT2D eigenvalue weighted by Gasteiger charge is -2.02. The summed E-state index contributed by atoms with van der Waals surface area (Å²) in [6.45, 7) is 0. The molecule has 1 aliphatic rings. The molecule has 112 valence electrons. The monoisotopic (exact) mass is 306 g/mol. The third kappa shape index (κ3) is 1.49. The van der Waals surface area contributed by atoms with Crippen LogP contribution in [-0.4, -0.2) is 0 Å². The van der Waals surface area contributed by atoms with Gasteiger partial charge in [0.25, 0.3) is 0 Å². The van der Waals surface area contributed by atoms with Crippen molar-refractivity contribution >= 4 is 32.7 Å². The Morgan fingerprint density at radius 2 is 1.50 bits per heavy atom. The van der Waals surface area contributed by atoms with Gasteiger partial charge < -0.3 is 4.42 Å². The molecule has 0 unspecified atom stereocenters. The third-order valence-electron chi connectivity index (χ3n) is 5.27. The van der Waals surface area contributed by atoms with Gasteiger partial charge in [-0.05, 0) is 57.6 Å². The summed E-state index contributed by atoms with van der Waals surface area (Å²) in [5, 5.41) is 4.97. The first-order valence-electron chi connectivity index (χ1n) is 8.34. The predicted octanol–water partition coefficient (Wildman–Crippen LogP) is 6.31. The number of benzene rings is 4. The van der Waals surface area contributed by atoms with Gasteiger partial charge in [0.2, 0.25) is 0 Å². The summed E-state index contributed by atoms with van der Waals surface area (Å²) < 4.78 is 6.18. The van der Waals surface area contributed by atoms with E-state index < -0.39 is 0 Å². The minimum absolute atomic E-state index is 0.973. The van der Waals surface area contributed by atoms with Crippen molar-refractivity contribution in [2.75, 3.05) is 0 Å². The van der Waals surface area contributed by atoms with Gasteiger partial charge in [-0.1, -0.05) is 54.6 Å². The van der Waals surface area contributed by atoms with Gasteiger partial charge in [-0.3, -0.25) is 0 Å². The Labute approximate surface area is 139 Å². The summed E-state index contributed by atoms with van der Waals surface area (Å²) in [4.78, 5) is 0. The van der Waals surface area contributed by atoms with E-state index in [1.165, 1.54) is 43.8 Å². The predicted molar refractivity (Wildman–Crippen MR) is 99.5 cm³/mol. The molecule has 0 bridgehead atoms. The third-order valence-corrected chi connectivity index (χ3v) is 5.27. The van der Waals surface area contributed by atoms with E-state index in [0.29, 0.717) is 0 Å². The summed E-state index contributed by atoms with van der Waals surface area (Å²) in [5.41, 5.74) is 7.47. The van der Waals surface area contributed by atoms with Crippen LogP contribution in [0.5, 0.6) is 0 Å². The van der Waals surface area contributed by atoms with Gasteiger partial charge >= 0.3 is 0 Å². The van der Waals surface area contributed by atoms with Crippen LogP contribution in [-0.2, 0) is 6.42 Å². The minimum Gasteiger partial charge on any atom is -0.456 e. The average Bonchev–Trinajstić information content (AvgIpc) is 3.17. The van der Waals surface area contributed by atoms with E-state index in [1.807, 2.05) is 0 Å². The van der Waals surface area contributed by atoms with Crippen molar-refractivity contribution in [1.29, 1.82) is 0 Å². The number of rotatable bonds is 0. The normalized spacial score (nSPS) is 12.8. The lowest BCUT2D eigenvalue weighted by atomic mass is 10.00. The zero-order valence-corrected chi connectivity index (χ0v) is 13.0. The van der Waals surface area contributed by atoms with Crippen molar-refractivity contribution in [3.8, 4) is 11.1 Å². The van der Waals surface area contributed by atoms with Gasteiger partial charge in [-0.2, -0.15) is 0 Å². The summed E-state index contributed by atoms with van der Waals surface area (Å²) in [7, 11) is 0. The molecular formula is C23H14O. The van der Waals surface area contributed by atoms with E-state index in [2.05, 4.69) is 72.8 Å². The van der Waals surface area contributed by atoms with Crippen molar-refractivity contribution in [3.05, 3.63) is 83.9 Å². The van der Waals surface area contributed by atoms with E-state index in [-0.39, 0.29) is 0 Å². The second-order valence-corrected chi connectivity index (χ2v) is 6.60. The van der Waals surface area contributed by atoms with Crippen LogP contribution in [0.1, 0.15) is 11.1 Å². The first-order valence-corrected chi connectivity index (χ1v) is 8.34. The number of fused-ring (bicyclic) bond motifs is 8. The Balaban J connectivity index is 1.79. The summed E-state index contributed by atoms with van der Waals surface area (Å²) >= 11 is 0. The highest BCUT2D eigenvalue weighted by Gasteiger charge is 2.21. The Morgan fingerprint density at radius 1 is 0.625 bits per heavy atom. The van der Waals surface area contributed by atoms with Crippen molar-refractivity contribution in [3.63, 3.8) is 0 Å². The first-order chi connectivity index (χ1) is 11.9. The van der Waals surface area contributed by atoms with Gasteiger partial charge in [-0.15, -0.1) is 0 Å². The molecule has 0 amide bonds. The molecule has 0 radical (unpaired) electrons. The number of hydrogen-bond acceptors (Lipinski definition) is 1. The maximum atomic E-state index is 6.18. The average molecular weight is 306 g/mol. The van der Waals surface area contributed by atoms with E-state index >= 15 is 0 Å². The fourth-order valence-electron chi connectivity index (χ4n) is 4.17. The molecule has 5 aromatic rings. The molecule has 1 nitrogen and oxygen atoms in total. The molecule has 0 atom stereocenters. The van der Waals surface area contributed by atoms with Crippen LogP contribution in [0, 0.1) is 0 Å². The highest BCUT2D eigenvalue weighted by Crippen LogP contribution is 2.42. The molecule has 0 fully saturated rings. The van der Waals surface area contributed by atoms with Crippen LogP contribution >= 0.6 is 0 Å². The molecule has 1 aliphatic carbocycles. The molecule has 1 heterocycles. The summed E-state index contributed by atoms with van der Waals surface area (Å²) in [5.74, 6) is 0. The topological polar surface area (TPSA) is 13.1 Å². The van der Waals surface area contributed by atoms with Crippen LogP contribution in [0.2, 0.25) is 0 Å². The lowest BCUT2D eigenvalue weighted by Crippen LogP contribution is -1.79. The zero-order valence-electron chi connectivity index (χ0n) is 13.0. The number of furan rings is 1. The molecule has 0 aliphatic heterocycles. The highest BCUT2D eigenvalue weighted by atomic mass is 16.3. The molecule has 24 heavy (non-hydrogen) atoms. The quantitative estimate of drug-likeness (QED) is 0.320. The van der Waals surface area contributed by atoms with Crippen molar-refractivity contribution in [1.82, 2.24) is 0 Å². The second kappa shape index (κ2) is 4.27. The van der Waals surface area contributed by atoms with Crippen LogP contribution in [0.4, 0.5) is 0 Å². The fourth-order valence-corrected chi connectivity index (χ4v) is 4.17. The zero-order chi connectivity index (χ0) is 15.7. The van der Waals surface area contributed by atoms with Gasteiger partial charge in [0.15, 0.2) is 0 Å². The molecule has 0 spiro atoms. The van der Waals surface area contributed by atoms with Crippen LogP contribution in [0.15, 0.2) is 77.2 Å². The van der Waals surface area contributed by atoms with Gasteiger partial charge in [0, 0.05) is 10.8 Å². The van der Waals surface area contributed by atoms with Crippen molar-refractivity contribution < 1.29 is 4.42 Å².